The molecule has 0 bridgehead atoms. The Morgan fingerprint density at radius 1 is 1.14 bits per heavy atom. The summed E-state index contributed by atoms with van der Waals surface area (Å²) in [5, 5.41) is 3.83. The van der Waals surface area contributed by atoms with Crippen molar-refractivity contribution < 1.29 is 4.74 Å². The first kappa shape index (κ1) is 17.2. The monoisotopic (exact) mass is 296 g/mol. The van der Waals surface area contributed by atoms with Crippen molar-refractivity contribution in [3.63, 3.8) is 0 Å². The third-order valence-electron chi connectivity index (χ3n) is 5.37. The molecule has 1 heterocycles. The Balaban J connectivity index is 2.04. The molecule has 3 heteroatoms. The van der Waals surface area contributed by atoms with Crippen LogP contribution in [0.1, 0.15) is 60.3 Å². The van der Waals surface area contributed by atoms with Crippen LogP contribution in [0.5, 0.6) is 0 Å². The van der Waals surface area contributed by atoms with Gasteiger partial charge in [-0.25, -0.2) is 0 Å². The molecule has 1 aliphatic carbocycles. The van der Waals surface area contributed by atoms with Crippen LogP contribution in [0.2, 0.25) is 0 Å². The van der Waals surface area contributed by atoms with Gasteiger partial charge in [0.05, 0.1) is 12.2 Å². The Hall–Kier alpha value is -0.120. The van der Waals surface area contributed by atoms with Gasteiger partial charge in [-0.05, 0) is 57.9 Å². The lowest BCUT2D eigenvalue weighted by Crippen LogP contribution is -2.59. The number of nitrogens with one attached hydrogen (secondary N) is 1. The smallest absolute Gasteiger partial charge is 0.0678 e. The van der Waals surface area contributed by atoms with Crippen molar-refractivity contribution in [2.75, 3.05) is 19.6 Å². The van der Waals surface area contributed by atoms with Crippen molar-refractivity contribution in [1.29, 1.82) is 0 Å². The minimum absolute atomic E-state index is 0.375. The van der Waals surface area contributed by atoms with Crippen LogP contribution in [0.25, 0.3) is 0 Å². The van der Waals surface area contributed by atoms with Crippen molar-refractivity contribution >= 4 is 0 Å². The topological polar surface area (TPSA) is 24.5 Å². The molecule has 1 N–H and O–H groups in total. The van der Waals surface area contributed by atoms with Gasteiger partial charge in [0.25, 0.3) is 0 Å². The highest BCUT2D eigenvalue weighted by Crippen LogP contribution is 2.34. The number of hydrogen-bond acceptors (Lipinski definition) is 3. The Bertz CT molecular complexity index is 298. The summed E-state index contributed by atoms with van der Waals surface area (Å²) in [6.07, 6.45) is 6.07. The quantitative estimate of drug-likeness (QED) is 0.842. The van der Waals surface area contributed by atoms with Gasteiger partial charge in [0.1, 0.15) is 0 Å². The van der Waals surface area contributed by atoms with Crippen LogP contribution >= 0.6 is 0 Å². The number of nitrogens with zero attached hydrogens (tertiary/aromatic N) is 1. The first-order valence-electron chi connectivity index (χ1n) is 9.14. The SMILES string of the molecule is CCCNC1CCC(C(C)C)CC1N1C[C@@H](C)O[C@@H](C)C1. The minimum atomic E-state index is 0.375. The van der Waals surface area contributed by atoms with E-state index < -0.39 is 0 Å². The van der Waals surface area contributed by atoms with Crippen molar-refractivity contribution in [3.05, 3.63) is 0 Å². The van der Waals surface area contributed by atoms with E-state index in [1.54, 1.807) is 0 Å². The minimum Gasteiger partial charge on any atom is -0.373 e. The molecule has 2 rings (SSSR count). The van der Waals surface area contributed by atoms with E-state index in [4.69, 9.17) is 4.74 Å². The molecule has 1 saturated carbocycles. The van der Waals surface area contributed by atoms with E-state index in [2.05, 4.69) is 44.8 Å². The maximum absolute atomic E-state index is 5.94. The molecule has 0 amide bonds. The van der Waals surface area contributed by atoms with Gasteiger partial charge in [0, 0.05) is 25.2 Å². The molecule has 5 atom stereocenters. The van der Waals surface area contributed by atoms with Crippen molar-refractivity contribution in [2.24, 2.45) is 11.8 Å². The van der Waals surface area contributed by atoms with Gasteiger partial charge in [0.15, 0.2) is 0 Å². The van der Waals surface area contributed by atoms with Crippen molar-refractivity contribution in [2.45, 2.75) is 84.6 Å². The number of hydrogen-bond donors (Lipinski definition) is 1. The molecular formula is C18H36N2O. The normalized spacial score (nSPS) is 38.9. The van der Waals surface area contributed by atoms with Crippen LogP contribution in [-0.4, -0.2) is 48.8 Å². The van der Waals surface area contributed by atoms with Crippen molar-refractivity contribution in [1.82, 2.24) is 10.2 Å². The van der Waals surface area contributed by atoms with Gasteiger partial charge in [0.2, 0.25) is 0 Å². The van der Waals surface area contributed by atoms with Gasteiger partial charge in [-0.2, -0.15) is 0 Å². The summed E-state index contributed by atoms with van der Waals surface area (Å²) >= 11 is 0. The summed E-state index contributed by atoms with van der Waals surface area (Å²) in [5.74, 6) is 1.71. The molecule has 1 saturated heterocycles. The second kappa shape index (κ2) is 7.94. The summed E-state index contributed by atoms with van der Waals surface area (Å²) in [6.45, 7) is 14.9. The first-order chi connectivity index (χ1) is 10.0. The molecule has 0 spiro atoms. The fourth-order valence-electron chi connectivity index (χ4n) is 4.24. The zero-order valence-corrected chi connectivity index (χ0v) is 14.8. The molecule has 21 heavy (non-hydrogen) atoms. The lowest BCUT2D eigenvalue weighted by Gasteiger charge is -2.47. The van der Waals surface area contributed by atoms with E-state index in [-0.39, 0.29) is 0 Å². The first-order valence-corrected chi connectivity index (χ1v) is 9.14. The summed E-state index contributed by atoms with van der Waals surface area (Å²) in [4.78, 5) is 2.72. The van der Waals surface area contributed by atoms with Gasteiger partial charge in [-0.3, -0.25) is 4.90 Å². The molecule has 2 aliphatic rings. The average Bonchev–Trinajstić information content (AvgIpc) is 2.43. The Labute approximate surface area is 131 Å². The molecule has 0 aromatic rings. The highest BCUT2D eigenvalue weighted by Gasteiger charge is 2.37. The maximum atomic E-state index is 5.94. The summed E-state index contributed by atoms with van der Waals surface area (Å²) in [6, 6.07) is 1.38. The van der Waals surface area contributed by atoms with E-state index in [1.807, 2.05) is 0 Å². The fraction of sp³-hybridized carbons (Fsp3) is 1.00. The van der Waals surface area contributed by atoms with Gasteiger partial charge >= 0.3 is 0 Å². The number of rotatable bonds is 5. The summed E-state index contributed by atoms with van der Waals surface area (Å²) in [5.41, 5.74) is 0. The predicted octanol–water partition coefficient (Wildman–Crippen LogP) is 3.29. The molecule has 0 aromatic heterocycles. The highest BCUT2D eigenvalue weighted by molar-refractivity contribution is 4.94. The summed E-state index contributed by atoms with van der Waals surface area (Å²) in [7, 11) is 0. The van der Waals surface area contributed by atoms with Crippen LogP contribution in [0.4, 0.5) is 0 Å². The van der Waals surface area contributed by atoms with Crippen LogP contribution < -0.4 is 5.32 Å². The maximum Gasteiger partial charge on any atom is 0.0678 e. The molecule has 1 aliphatic heterocycles. The zero-order valence-electron chi connectivity index (χ0n) is 14.8. The number of ether oxygens (including phenoxy) is 1. The molecule has 0 radical (unpaired) electrons. The Morgan fingerprint density at radius 3 is 2.38 bits per heavy atom. The van der Waals surface area contributed by atoms with E-state index >= 15 is 0 Å². The molecular weight excluding hydrogens is 260 g/mol. The third kappa shape index (κ3) is 4.67. The van der Waals surface area contributed by atoms with Crippen LogP contribution in [-0.2, 0) is 4.74 Å². The molecule has 3 unspecified atom stereocenters. The second-order valence-corrected chi connectivity index (χ2v) is 7.66. The van der Waals surface area contributed by atoms with Crippen molar-refractivity contribution in [3.8, 4) is 0 Å². The van der Waals surface area contributed by atoms with Gasteiger partial charge in [-0.1, -0.05) is 20.8 Å². The van der Waals surface area contributed by atoms with Crippen LogP contribution in [0.3, 0.4) is 0 Å². The molecule has 3 nitrogen and oxygen atoms in total. The van der Waals surface area contributed by atoms with Crippen LogP contribution in [0, 0.1) is 11.8 Å². The highest BCUT2D eigenvalue weighted by atomic mass is 16.5. The second-order valence-electron chi connectivity index (χ2n) is 7.66. The van der Waals surface area contributed by atoms with Crippen LogP contribution in [0.15, 0.2) is 0 Å². The standard InChI is InChI=1S/C18H36N2O/c1-6-9-19-17-8-7-16(13(2)3)10-18(17)20-11-14(4)21-15(5)12-20/h13-19H,6-12H2,1-5H3/t14-,15+,16?,17?,18?. The molecule has 0 aromatic carbocycles. The number of morpholine rings is 1. The van der Waals surface area contributed by atoms with E-state index in [0.29, 0.717) is 24.3 Å². The van der Waals surface area contributed by atoms with E-state index in [9.17, 15) is 0 Å². The lowest BCUT2D eigenvalue weighted by molar-refractivity contribution is -0.0915. The fourth-order valence-corrected chi connectivity index (χ4v) is 4.24. The largest absolute Gasteiger partial charge is 0.373 e. The Morgan fingerprint density at radius 2 is 1.81 bits per heavy atom. The lowest BCUT2D eigenvalue weighted by atomic mass is 9.76. The zero-order chi connectivity index (χ0) is 15.4. The van der Waals surface area contributed by atoms with E-state index in [1.165, 1.54) is 25.7 Å². The van der Waals surface area contributed by atoms with Gasteiger partial charge < -0.3 is 10.1 Å². The predicted molar refractivity (Wildman–Crippen MR) is 89.6 cm³/mol. The Kier molecular flexibility index (Phi) is 6.51. The van der Waals surface area contributed by atoms with Gasteiger partial charge in [-0.15, -0.1) is 0 Å². The molecule has 2 fully saturated rings. The third-order valence-corrected chi connectivity index (χ3v) is 5.37. The average molecular weight is 296 g/mol. The molecule has 124 valence electrons. The van der Waals surface area contributed by atoms with E-state index in [0.717, 1.165) is 31.5 Å². The summed E-state index contributed by atoms with van der Waals surface area (Å²) < 4.78 is 5.94.